The summed E-state index contributed by atoms with van der Waals surface area (Å²) in [5.41, 5.74) is 7.95. The fraction of sp³-hybridized carbons (Fsp3) is 0.308. The molecule has 86 valence electrons. The van der Waals surface area contributed by atoms with Crippen molar-refractivity contribution in [2.75, 3.05) is 13.1 Å². The first-order chi connectivity index (χ1) is 7.74. The van der Waals surface area contributed by atoms with Crippen molar-refractivity contribution in [3.05, 3.63) is 41.5 Å². The lowest BCUT2D eigenvalue weighted by molar-refractivity contribution is -0.118. The van der Waals surface area contributed by atoms with E-state index >= 15 is 0 Å². The van der Waals surface area contributed by atoms with Gasteiger partial charge in [0.05, 0.1) is 0 Å². The number of hydrogen-bond acceptors (Lipinski definition) is 2. The van der Waals surface area contributed by atoms with E-state index in [1.54, 1.807) is 0 Å². The van der Waals surface area contributed by atoms with Gasteiger partial charge in [-0.25, -0.2) is 0 Å². The highest BCUT2D eigenvalue weighted by Gasteiger charge is 1.96. The average Bonchev–Trinajstić information content (AvgIpc) is 2.26. The van der Waals surface area contributed by atoms with Gasteiger partial charge in [0.25, 0.3) is 0 Å². The molecule has 1 amide bonds. The van der Waals surface area contributed by atoms with Gasteiger partial charge in [0.2, 0.25) is 5.91 Å². The predicted octanol–water partition coefficient (Wildman–Crippen LogP) is 1.34. The summed E-state index contributed by atoms with van der Waals surface area (Å²) >= 11 is 0. The van der Waals surface area contributed by atoms with Gasteiger partial charge in [0.1, 0.15) is 0 Å². The van der Waals surface area contributed by atoms with Crippen LogP contribution in [0, 0.1) is 0 Å². The third-order valence-electron chi connectivity index (χ3n) is 2.24. The molecule has 0 aliphatic heterocycles. The second kappa shape index (κ2) is 6.80. The standard InChI is InChI=1S/C13H18N2O/c1-11(16)15-10-4-7-12-5-2-3-6-13(12)8-9-14/h2-7H,8-10,14H2,1H3,(H,15,16). The Hall–Kier alpha value is -1.61. The van der Waals surface area contributed by atoms with Crippen LogP contribution in [0.3, 0.4) is 0 Å². The van der Waals surface area contributed by atoms with Crippen molar-refractivity contribution in [2.24, 2.45) is 5.73 Å². The maximum atomic E-state index is 10.7. The molecular formula is C13H18N2O. The van der Waals surface area contributed by atoms with E-state index in [0.717, 1.165) is 6.42 Å². The van der Waals surface area contributed by atoms with E-state index in [0.29, 0.717) is 13.1 Å². The molecule has 3 N–H and O–H groups in total. The molecule has 0 unspecified atom stereocenters. The van der Waals surface area contributed by atoms with Crippen molar-refractivity contribution >= 4 is 12.0 Å². The lowest BCUT2D eigenvalue weighted by Crippen LogP contribution is -2.19. The van der Waals surface area contributed by atoms with Crippen LogP contribution in [0.1, 0.15) is 18.1 Å². The number of nitrogens with two attached hydrogens (primary N) is 1. The van der Waals surface area contributed by atoms with Gasteiger partial charge >= 0.3 is 0 Å². The van der Waals surface area contributed by atoms with Gasteiger partial charge in [-0.2, -0.15) is 0 Å². The number of carbonyl (C=O) groups is 1. The molecule has 1 aromatic rings. The largest absolute Gasteiger partial charge is 0.353 e. The highest BCUT2D eigenvalue weighted by molar-refractivity contribution is 5.73. The monoisotopic (exact) mass is 218 g/mol. The van der Waals surface area contributed by atoms with Gasteiger partial charge in [-0.15, -0.1) is 0 Å². The number of nitrogens with one attached hydrogen (secondary N) is 1. The molecule has 0 heterocycles. The van der Waals surface area contributed by atoms with Crippen LogP contribution < -0.4 is 11.1 Å². The fourth-order valence-corrected chi connectivity index (χ4v) is 1.47. The molecule has 16 heavy (non-hydrogen) atoms. The number of rotatable bonds is 5. The van der Waals surface area contributed by atoms with Gasteiger partial charge in [0.15, 0.2) is 0 Å². The Morgan fingerprint density at radius 3 is 2.88 bits per heavy atom. The molecular weight excluding hydrogens is 200 g/mol. The van der Waals surface area contributed by atoms with Crippen LogP contribution in [-0.4, -0.2) is 19.0 Å². The van der Waals surface area contributed by atoms with E-state index in [9.17, 15) is 4.79 Å². The number of benzene rings is 1. The first-order valence-electron chi connectivity index (χ1n) is 5.43. The lowest BCUT2D eigenvalue weighted by atomic mass is 10.0. The van der Waals surface area contributed by atoms with Crippen molar-refractivity contribution in [2.45, 2.75) is 13.3 Å². The molecule has 3 nitrogen and oxygen atoms in total. The summed E-state index contributed by atoms with van der Waals surface area (Å²) in [4.78, 5) is 10.7. The molecule has 0 fully saturated rings. The maximum Gasteiger partial charge on any atom is 0.217 e. The van der Waals surface area contributed by atoms with Crippen LogP contribution in [-0.2, 0) is 11.2 Å². The van der Waals surface area contributed by atoms with Crippen molar-refractivity contribution < 1.29 is 4.79 Å². The Labute approximate surface area is 96.3 Å². The smallest absolute Gasteiger partial charge is 0.217 e. The highest BCUT2D eigenvalue weighted by Crippen LogP contribution is 2.10. The van der Waals surface area contributed by atoms with Gasteiger partial charge < -0.3 is 11.1 Å². The normalized spacial score (nSPS) is 10.6. The molecule has 0 bridgehead atoms. The zero-order chi connectivity index (χ0) is 11.8. The van der Waals surface area contributed by atoms with Crippen LogP contribution in [0.15, 0.2) is 30.3 Å². The molecule has 0 aromatic heterocycles. The average molecular weight is 218 g/mol. The molecule has 3 heteroatoms. The molecule has 0 aliphatic carbocycles. The van der Waals surface area contributed by atoms with Crippen molar-refractivity contribution in [3.8, 4) is 0 Å². The molecule has 0 spiro atoms. The molecule has 0 saturated heterocycles. The second-order valence-electron chi connectivity index (χ2n) is 3.58. The quantitative estimate of drug-likeness (QED) is 0.783. The Kier molecular flexibility index (Phi) is 5.29. The minimum Gasteiger partial charge on any atom is -0.353 e. The van der Waals surface area contributed by atoms with Crippen LogP contribution >= 0.6 is 0 Å². The Morgan fingerprint density at radius 1 is 1.44 bits per heavy atom. The SMILES string of the molecule is CC(=O)NCC=Cc1ccccc1CCN. The first-order valence-corrected chi connectivity index (χ1v) is 5.43. The lowest BCUT2D eigenvalue weighted by Gasteiger charge is -2.03. The van der Waals surface area contributed by atoms with E-state index < -0.39 is 0 Å². The summed E-state index contributed by atoms with van der Waals surface area (Å²) in [7, 11) is 0. The Morgan fingerprint density at radius 2 is 2.19 bits per heavy atom. The summed E-state index contributed by atoms with van der Waals surface area (Å²) in [6.45, 7) is 2.72. The zero-order valence-corrected chi connectivity index (χ0v) is 9.57. The highest BCUT2D eigenvalue weighted by atomic mass is 16.1. The summed E-state index contributed by atoms with van der Waals surface area (Å²) in [6, 6.07) is 8.13. The molecule has 0 aliphatic rings. The van der Waals surface area contributed by atoms with E-state index in [1.807, 2.05) is 24.3 Å². The number of carbonyl (C=O) groups excluding carboxylic acids is 1. The third-order valence-corrected chi connectivity index (χ3v) is 2.24. The molecule has 0 atom stereocenters. The van der Waals surface area contributed by atoms with E-state index in [4.69, 9.17) is 5.73 Å². The van der Waals surface area contributed by atoms with Crippen LogP contribution in [0.2, 0.25) is 0 Å². The van der Waals surface area contributed by atoms with Crippen LogP contribution in [0.25, 0.3) is 6.08 Å². The van der Waals surface area contributed by atoms with Gasteiger partial charge in [-0.1, -0.05) is 36.4 Å². The zero-order valence-electron chi connectivity index (χ0n) is 9.57. The summed E-state index contributed by atoms with van der Waals surface area (Å²) < 4.78 is 0. The van der Waals surface area contributed by atoms with Gasteiger partial charge in [0, 0.05) is 13.5 Å². The van der Waals surface area contributed by atoms with E-state index in [-0.39, 0.29) is 5.91 Å². The summed E-state index contributed by atoms with van der Waals surface area (Å²) in [5, 5.41) is 2.72. The molecule has 0 saturated carbocycles. The van der Waals surface area contributed by atoms with Gasteiger partial charge in [-0.05, 0) is 24.1 Å². The van der Waals surface area contributed by atoms with Crippen LogP contribution in [0.5, 0.6) is 0 Å². The first kappa shape index (κ1) is 12.5. The van der Waals surface area contributed by atoms with Crippen molar-refractivity contribution in [3.63, 3.8) is 0 Å². The minimum absolute atomic E-state index is 0.0140. The number of amides is 1. The Bertz CT molecular complexity index is 372. The fourth-order valence-electron chi connectivity index (χ4n) is 1.47. The van der Waals surface area contributed by atoms with E-state index in [1.165, 1.54) is 18.1 Å². The Balaban J connectivity index is 2.61. The summed E-state index contributed by atoms with van der Waals surface area (Å²) in [5.74, 6) is -0.0140. The third kappa shape index (κ3) is 4.28. The topological polar surface area (TPSA) is 55.1 Å². The second-order valence-corrected chi connectivity index (χ2v) is 3.58. The van der Waals surface area contributed by atoms with Crippen molar-refractivity contribution in [1.82, 2.24) is 5.32 Å². The van der Waals surface area contributed by atoms with E-state index in [2.05, 4.69) is 17.4 Å². The number of hydrogen-bond donors (Lipinski definition) is 2. The van der Waals surface area contributed by atoms with Crippen molar-refractivity contribution in [1.29, 1.82) is 0 Å². The van der Waals surface area contributed by atoms with Gasteiger partial charge in [-0.3, -0.25) is 4.79 Å². The minimum atomic E-state index is -0.0140. The predicted molar refractivity (Wildman–Crippen MR) is 66.9 cm³/mol. The molecule has 1 aromatic carbocycles. The molecule has 1 rings (SSSR count). The maximum absolute atomic E-state index is 10.7. The van der Waals surface area contributed by atoms with Crippen LogP contribution in [0.4, 0.5) is 0 Å². The molecule has 0 radical (unpaired) electrons. The summed E-state index contributed by atoms with van der Waals surface area (Å²) in [6.07, 6.45) is 4.83.